The van der Waals surface area contributed by atoms with Gasteiger partial charge in [-0.2, -0.15) is 11.8 Å². The molecule has 0 amide bonds. The lowest BCUT2D eigenvalue weighted by atomic mass is 9.78. The highest BCUT2D eigenvalue weighted by molar-refractivity contribution is 7.99. The molecule has 0 bridgehead atoms. The van der Waals surface area contributed by atoms with Gasteiger partial charge in [-0.15, -0.1) is 0 Å². The topological polar surface area (TPSA) is 26.3 Å². The summed E-state index contributed by atoms with van der Waals surface area (Å²) < 4.78 is 6.10. The Kier molecular flexibility index (Phi) is 4.41. The Hall–Kier alpha value is -0.800. The van der Waals surface area contributed by atoms with Crippen molar-refractivity contribution in [3.8, 4) is 0 Å². The maximum Gasteiger partial charge on any atom is 0.166 e. The van der Waals surface area contributed by atoms with E-state index in [-0.39, 0.29) is 11.5 Å². The van der Waals surface area contributed by atoms with Crippen molar-refractivity contribution >= 4 is 17.5 Å². The van der Waals surface area contributed by atoms with E-state index >= 15 is 0 Å². The lowest BCUT2D eigenvalue weighted by Crippen LogP contribution is -2.44. The first-order valence-corrected chi connectivity index (χ1v) is 9.08. The second kappa shape index (κ2) is 6.13. The molecule has 0 saturated carbocycles. The maximum absolute atomic E-state index is 12.8. The van der Waals surface area contributed by atoms with Gasteiger partial charge in [0.25, 0.3) is 0 Å². The molecule has 2 heterocycles. The van der Waals surface area contributed by atoms with Crippen molar-refractivity contribution < 1.29 is 9.53 Å². The Morgan fingerprint density at radius 2 is 2.00 bits per heavy atom. The van der Waals surface area contributed by atoms with Gasteiger partial charge in [-0.05, 0) is 68.2 Å². The summed E-state index contributed by atoms with van der Waals surface area (Å²) in [6.07, 6.45) is 4.00. The Labute approximate surface area is 131 Å². The molecule has 2 aliphatic rings. The first kappa shape index (κ1) is 15.1. The van der Waals surface area contributed by atoms with Crippen LogP contribution in [0.3, 0.4) is 0 Å². The molecule has 1 aromatic carbocycles. The highest BCUT2D eigenvalue weighted by atomic mass is 32.2. The third kappa shape index (κ3) is 3.19. The molecule has 2 aliphatic heterocycles. The number of hydrogen-bond acceptors (Lipinski definition) is 3. The standard InChI is InChI=1S/C18H24O2S/c1-13-3-4-15(11-14(13)2)17(19)16-5-8-20-18(12-16)6-9-21-10-7-18/h3-4,11,16H,5-10,12H2,1-2H3. The first-order chi connectivity index (χ1) is 10.1. The van der Waals surface area contributed by atoms with Crippen LogP contribution >= 0.6 is 11.8 Å². The zero-order valence-corrected chi connectivity index (χ0v) is 13.8. The van der Waals surface area contributed by atoms with Crippen LogP contribution in [-0.2, 0) is 4.74 Å². The molecule has 1 aromatic rings. The average molecular weight is 304 g/mol. The van der Waals surface area contributed by atoms with E-state index in [2.05, 4.69) is 26.0 Å². The number of thioether (sulfide) groups is 1. The molecular formula is C18H24O2S. The fraction of sp³-hybridized carbons (Fsp3) is 0.611. The number of rotatable bonds is 2. The van der Waals surface area contributed by atoms with Crippen molar-refractivity contribution in [2.24, 2.45) is 5.92 Å². The van der Waals surface area contributed by atoms with Crippen molar-refractivity contribution in [2.45, 2.75) is 45.1 Å². The zero-order chi connectivity index (χ0) is 14.9. The van der Waals surface area contributed by atoms with Crippen LogP contribution in [0.4, 0.5) is 0 Å². The Morgan fingerprint density at radius 1 is 1.24 bits per heavy atom. The quantitative estimate of drug-likeness (QED) is 0.767. The number of hydrogen-bond donors (Lipinski definition) is 0. The number of carbonyl (C=O) groups is 1. The van der Waals surface area contributed by atoms with Crippen LogP contribution in [-0.4, -0.2) is 29.5 Å². The van der Waals surface area contributed by atoms with Crippen molar-refractivity contribution in [3.05, 3.63) is 34.9 Å². The number of Topliss-reactive ketones (excluding diaryl/α,β-unsaturated/α-hetero) is 1. The van der Waals surface area contributed by atoms with Crippen LogP contribution in [0.5, 0.6) is 0 Å². The lowest BCUT2D eigenvalue weighted by molar-refractivity contribution is -0.0959. The molecule has 0 aromatic heterocycles. The molecule has 1 atom stereocenters. The monoisotopic (exact) mass is 304 g/mol. The van der Waals surface area contributed by atoms with Crippen molar-refractivity contribution in [1.29, 1.82) is 0 Å². The Balaban J connectivity index is 1.76. The largest absolute Gasteiger partial charge is 0.375 e. The van der Waals surface area contributed by atoms with E-state index in [1.807, 2.05) is 17.8 Å². The second-order valence-electron chi connectivity index (χ2n) is 6.50. The van der Waals surface area contributed by atoms with Gasteiger partial charge in [-0.3, -0.25) is 4.79 Å². The molecule has 0 aliphatic carbocycles. The molecule has 3 rings (SSSR count). The van der Waals surface area contributed by atoms with Crippen molar-refractivity contribution in [2.75, 3.05) is 18.1 Å². The zero-order valence-electron chi connectivity index (χ0n) is 13.0. The summed E-state index contributed by atoms with van der Waals surface area (Å²) in [7, 11) is 0. The fourth-order valence-corrected chi connectivity index (χ4v) is 4.71. The number of carbonyl (C=O) groups excluding carboxylic acids is 1. The second-order valence-corrected chi connectivity index (χ2v) is 7.72. The van der Waals surface area contributed by atoms with Gasteiger partial charge < -0.3 is 4.74 Å². The molecule has 2 saturated heterocycles. The summed E-state index contributed by atoms with van der Waals surface area (Å²) in [6, 6.07) is 6.11. The highest BCUT2D eigenvalue weighted by Gasteiger charge is 2.41. The van der Waals surface area contributed by atoms with Gasteiger partial charge in [-0.1, -0.05) is 12.1 Å². The first-order valence-electron chi connectivity index (χ1n) is 7.93. The van der Waals surface area contributed by atoms with E-state index in [9.17, 15) is 4.79 Å². The SMILES string of the molecule is Cc1ccc(C(=O)C2CCOC3(CCSCC3)C2)cc1C. The molecule has 114 valence electrons. The van der Waals surface area contributed by atoms with E-state index in [1.165, 1.54) is 22.6 Å². The lowest BCUT2D eigenvalue weighted by Gasteiger charge is -2.43. The fourth-order valence-electron chi connectivity index (χ4n) is 3.47. The van der Waals surface area contributed by atoms with Crippen LogP contribution in [0.15, 0.2) is 18.2 Å². The van der Waals surface area contributed by atoms with E-state index in [0.717, 1.165) is 37.9 Å². The molecule has 2 nitrogen and oxygen atoms in total. The molecular weight excluding hydrogens is 280 g/mol. The molecule has 1 spiro atoms. The number of ether oxygens (including phenoxy) is 1. The predicted octanol–water partition coefficient (Wildman–Crippen LogP) is 4.18. The minimum atomic E-state index is -0.0103. The number of aryl methyl sites for hydroxylation is 2. The van der Waals surface area contributed by atoms with Gasteiger partial charge in [-0.25, -0.2) is 0 Å². The van der Waals surface area contributed by atoms with Crippen LogP contribution in [0.1, 0.15) is 47.2 Å². The van der Waals surface area contributed by atoms with Gasteiger partial charge in [0.05, 0.1) is 5.60 Å². The van der Waals surface area contributed by atoms with E-state index in [4.69, 9.17) is 4.74 Å². The smallest absolute Gasteiger partial charge is 0.166 e. The summed E-state index contributed by atoms with van der Waals surface area (Å²) in [4.78, 5) is 12.8. The summed E-state index contributed by atoms with van der Waals surface area (Å²) in [5, 5.41) is 0. The predicted molar refractivity (Wildman–Crippen MR) is 88.2 cm³/mol. The molecule has 1 unspecified atom stereocenters. The maximum atomic E-state index is 12.8. The summed E-state index contributed by atoms with van der Waals surface area (Å²) in [6.45, 7) is 4.91. The molecule has 0 N–H and O–H groups in total. The van der Waals surface area contributed by atoms with Gasteiger partial charge in [0, 0.05) is 18.1 Å². The van der Waals surface area contributed by atoms with Gasteiger partial charge in [0.1, 0.15) is 0 Å². The summed E-state index contributed by atoms with van der Waals surface area (Å²) in [5.41, 5.74) is 3.32. The van der Waals surface area contributed by atoms with Crippen LogP contribution in [0.25, 0.3) is 0 Å². The van der Waals surface area contributed by atoms with Crippen molar-refractivity contribution in [1.82, 2.24) is 0 Å². The average Bonchev–Trinajstić information content (AvgIpc) is 2.50. The van der Waals surface area contributed by atoms with E-state index in [1.54, 1.807) is 0 Å². The van der Waals surface area contributed by atoms with Crippen LogP contribution in [0.2, 0.25) is 0 Å². The van der Waals surface area contributed by atoms with Gasteiger partial charge in [0.2, 0.25) is 0 Å². The molecule has 2 fully saturated rings. The number of benzene rings is 1. The van der Waals surface area contributed by atoms with E-state index < -0.39 is 0 Å². The minimum absolute atomic E-state index is 0.0103. The third-order valence-corrected chi connectivity index (χ3v) is 6.04. The van der Waals surface area contributed by atoms with Crippen molar-refractivity contribution in [3.63, 3.8) is 0 Å². The minimum Gasteiger partial charge on any atom is -0.375 e. The van der Waals surface area contributed by atoms with Gasteiger partial charge >= 0.3 is 0 Å². The van der Waals surface area contributed by atoms with Crippen LogP contribution in [0, 0.1) is 19.8 Å². The van der Waals surface area contributed by atoms with Crippen LogP contribution < -0.4 is 0 Å². The Bertz CT molecular complexity index is 527. The van der Waals surface area contributed by atoms with E-state index in [0.29, 0.717) is 5.78 Å². The molecule has 21 heavy (non-hydrogen) atoms. The molecule has 3 heteroatoms. The number of ketones is 1. The summed E-state index contributed by atoms with van der Waals surface area (Å²) in [5.74, 6) is 2.80. The normalized spacial score (nSPS) is 25.0. The third-order valence-electron chi connectivity index (χ3n) is 5.06. The summed E-state index contributed by atoms with van der Waals surface area (Å²) >= 11 is 2.01. The molecule has 0 radical (unpaired) electrons. The van der Waals surface area contributed by atoms with Gasteiger partial charge in [0.15, 0.2) is 5.78 Å². The highest BCUT2D eigenvalue weighted by Crippen LogP contribution is 2.40. The Morgan fingerprint density at radius 3 is 2.71 bits per heavy atom.